The maximum atomic E-state index is 13.5. The Morgan fingerprint density at radius 3 is 2.61 bits per heavy atom. The van der Waals surface area contributed by atoms with Gasteiger partial charge in [0.25, 0.3) is 0 Å². The molecule has 2 aromatic heterocycles. The van der Waals surface area contributed by atoms with Gasteiger partial charge >= 0.3 is 0 Å². The minimum atomic E-state index is -0.396. The lowest BCUT2D eigenvalue weighted by Gasteiger charge is -2.04. The summed E-state index contributed by atoms with van der Waals surface area (Å²) in [5.74, 6) is -0.376. The van der Waals surface area contributed by atoms with E-state index in [0.717, 1.165) is 0 Å². The summed E-state index contributed by atoms with van der Waals surface area (Å²) in [6.45, 7) is 0. The number of benzene rings is 1. The number of azo groups is 1. The highest BCUT2D eigenvalue weighted by molar-refractivity contribution is 5.96. The summed E-state index contributed by atoms with van der Waals surface area (Å²) in [6.07, 6.45) is 2.97. The van der Waals surface area contributed by atoms with Crippen LogP contribution in [0.15, 0.2) is 53.0 Å². The van der Waals surface area contributed by atoms with Gasteiger partial charge in [0.2, 0.25) is 0 Å². The van der Waals surface area contributed by atoms with Crippen molar-refractivity contribution in [3.8, 4) is 0 Å². The summed E-state index contributed by atoms with van der Waals surface area (Å²) >= 11 is 0. The van der Waals surface area contributed by atoms with Crippen LogP contribution in [0.25, 0.3) is 10.8 Å². The summed E-state index contributed by atoms with van der Waals surface area (Å²) in [5.41, 5.74) is 12.2. The fourth-order valence-corrected chi connectivity index (χ4v) is 2.00. The van der Waals surface area contributed by atoms with Gasteiger partial charge in [0.1, 0.15) is 28.7 Å². The molecule has 2 heterocycles. The molecular weight excluding hydrogens is 297 g/mol. The van der Waals surface area contributed by atoms with Crippen LogP contribution < -0.4 is 11.5 Å². The third-order valence-corrected chi connectivity index (χ3v) is 3.15. The first-order valence-corrected chi connectivity index (χ1v) is 6.60. The standard InChI is InChI=1S/C15H12FN7/c16-9-2-1-8-6-21-15(19)13(11(8)5-9)23-22-10-3-4-12(14(17)18)20-7-10/h1-7H,(H3,17,18)(H2,19,21). The first kappa shape index (κ1) is 14.5. The molecule has 0 aliphatic heterocycles. The number of halogens is 1. The number of rotatable bonds is 3. The minimum Gasteiger partial charge on any atom is -0.382 e. The van der Waals surface area contributed by atoms with Crippen molar-refractivity contribution in [2.75, 3.05) is 5.73 Å². The molecule has 3 rings (SSSR count). The predicted octanol–water partition coefficient (Wildman–Crippen LogP) is 3.05. The number of nitrogen functional groups attached to an aromatic ring is 2. The zero-order valence-corrected chi connectivity index (χ0v) is 11.9. The summed E-state index contributed by atoms with van der Waals surface area (Å²) in [6, 6.07) is 7.44. The van der Waals surface area contributed by atoms with Gasteiger partial charge in [-0.05, 0) is 30.3 Å². The molecule has 8 heteroatoms. The second-order valence-corrected chi connectivity index (χ2v) is 4.74. The number of amidine groups is 1. The molecule has 0 amide bonds. The predicted molar refractivity (Wildman–Crippen MR) is 85.5 cm³/mol. The molecule has 23 heavy (non-hydrogen) atoms. The van der Waals surface area contributed by atoms with Gasteiger partial charge in [-0.2, -0.15) is 0 Å². The number of anilines is 1. The lowest BCUT2D eigenvalue weighted by atomic mass is 10.1. The van der Waals surface area contributed by atoms with E-state index in [0.29, 0.717) is 22.2 Å². The lowest BCUT2D eigenvalue weighted by Crippen LogP contribution is -2.12. The number of hydrogen-bond donors (Lipinski definition) is 3. The number of pyridine rings is 2. The van der Waals surface area contributed by atoms with Crippen molar-refractivity contribution in [1.29, 1.82) is 5.41 Å². The van der Waals surface area contributed by atoms with Gasteiger partial charge in [-0.25, -0.2) is 9.37 Å². The molecule has 114 valence electrons. The lowest BCUT2D eigenvalue weighted by molar-refractivity contribution is 0.630. The second kappa shape index (κ2) is 5.76. The number of aromatic nitrogens is 2. The molecule has 0 unspecified atom stereocenters. The normalized spacial score (nSPS) is 11.2. The first-order valence-electron chi connectivity index (χ1n) is 6.60. The van der Waals surface area contributed by atoms with E-state index in [1.54, 1.807) is 24.4 Å². The molecule has 0 saturated heterocycles. The van der Waals surface area contributed by atoms with E-state index >= 15 is 0 Å². The SMILES string of the molecule is N=C(N)c1ccc(N=Nc2c(N)ncc3ccc(F)cc23)cn1. The summed E-state index contributed by atoms with van der Waals surface area (Å²) in [5, 5.41) is 16.6. The van der Waals surface area contributed by atoms with Crippen LogP contribution in [0, 0.1) is 11.2 Å². The molecule has 0 spiro atoms. The van der Waals surface area contributed by atoms with E-state index < -0.39 is 5.82 Å². The van der Waals surface area contributed by atoms with Crippen LogP contribution in [0.3, 0.4) is 0 Å². The average molecular weight is 309 g/mol. The van der Waals surface area contributed by atoms with E-state index in [4.69, 9.17) is 16.9 Å². The topological polar surface area (TPSA) is 126 Å². The first-order chi connectivity index (χ1) is 11.0. The molecule has 3 aromatic rings. The molecule has 0 radical (unpaired) electrons. The van der Waals surface area contributed by atoms with Gasteiger partial charge < -0.3 is 11.5 Å². The molecule has 0 saturated carbocycles. The maximum absolute atomic E-state index is 13.5. The van der Waals surface area contributed by atoms with Gasteiger partial charge in [-0.3, -0.25) is 10.4 Å². The van der Waals surface area contributed by atoms with Crippen molar-refractivity contribution in [2.24, 2.45) is 16.0 Å². The highest BCUT2D eigenvalue weighted by atomic mass is 19.1. The summed E-state index contributed by atoms with van der Waals surface area (Å²) in [4.78, 5) is 8.01. The van der Waals surface area contributed by atoms with E-state index in [1.165, 1.54) is 18.3 Å². The average Bonchev–Trinajstić information content (AvgIpc) is 2.54. The second-order valence-electron chi connectivity index (χ2n) is 4.74. The van der Waals surface area contributed by atoms with Gasteiger partial charge in [0.05, 0.1) is 6.20 Å². The largest absolute Gasteiger partial charge is 0.382 e. The van der Waals surface area contributed by atoms with Crippen molar-refractivity contribution >= 4 is 33.8 Å². The van der Waals surface area contributed by atoms with Crippen LogP contribution in [0.2, 0.25) is 0 Å². The number of hydrogen-bond acceptors (Lipinski definition) is 6. The van der Waals surface area contributed by atoms with Crippen molar-refractivity contribution in [3.63, 3.8) is 0 Å². The van der Waals surface area contributed by atoms with E-state index in [2.05, 4.69) is 20.2 Å². The number of fused-ring (bicyclic) bond motifs is 1. The van der Waals surface area contributed by atoms with E-state index in [1.807, 2.05) is 0 Å². The van der Waals surface area contributed by atoms with Crippen molar-refractivity contribution < 1.29 is 4.39 Å². The molecule has 7 nitrogen and oxygen atoms in total. The Morgan fingerprint density at radius 2 is 1.91 bits per heavy atom. The monoisotopic (exact) mass is 309 g/mol. The van der Waals surface area contributed by atoms with Crippen LogP contribution in [0.1, 0.15) is 5.69 Å². The maximum Gasteiger partial charge on any atom is 0.151 e. The molecule has 1 aromatic carbocycles. The van der Waals surface area contributed by atoms with Crippen LogP contribution in [0.5, 0.6) is 0 Å². The number of nitrogens with two attached hydrogens (primary N) is 2. The van der Waals surface area contributed by atoms with Crippen LogP contribution in [-0.2, 0) is 0 Å². The third kappa shape index (κ3) is 2.95. The molecular formula is C15H12FN7. The number of nitrogens with one attached hydrogen (secondary N) is 1. The Kier molecular flexibility index (Phi) is 3.63. The fourth-order valence-electron chi connectivity index (χ4n) is 2.00. The van der Waals surface area contributed by atoms with Crippen molar-refractivity contribution in [3.05, 3.63) is 54.2 Å². The van der Waals surface area contributed by atoms with Crippen LogP contribution in [-0.4, -0.2) is 15.8 Å². The van der Waals surface area contributed by atoms with Crippen molar-refractivity contribution in [1.82, 2.24) is 9.97 Å². The highest BCUT2D eigenvalue weighted by Gasteiger charge is 2.07. The third-order valence-electron chi connectivity index (χ3n) is 3.15. The zero-order valence-electron chi connectivity index (χ0n) is 11.9. The highest BCUT2D eigenvalue weighted by Crippen LogP contribution is 2.32. The quantitative estimate of drug-likeness (QED) is 0.390. The Bertz CT molecular complexity index is 914. The Labute approximate surface area is 130 Å². The molecule has 5 N–H and O–H groups in total. The Morgan fingerprint density at radius 1 is 1.09 bits per heavy atom. The van der Waals surface area contributed by atoms with Crippen LogP contribution in [0.4, 0.5) is 21.6 Å². The van der Waals surface area contributed by atoms with E-state index in [-0.39, 0.29) is 17.3 Å². The van der Waals surface area contributed by atoms with Gasteiger partial charge in [0, 0.05) is 17.0 Å². The molecule has 0 fully saturated rings. The number of nitrogens with zero attached hydrogens (tertiary/aromatic N) is 4. The zero-order chi connectivity index (χ0) is 16.4. The fraction of sp³-hybridized carbons (Fsp3) is 0. The molecule has 0 atom stereocenters. The Balaban J connectivity index is 2.01. The molecule has 0 aliphatic carbocycles. The van der Waals surface area contributed by atoms with Gasteiger partial charge in [-0.15, -0.1) is 10.2 Å². The molecule has 0 aliphatic rings. The smallest absolute Gasteiger partial charge is 0.151 e. The van der Waals surface area contributed by atoms with Gasteiger partial charge in [0.15, 0.2) is 5.82 Å². The Hall–Kier alpha value is -3.42. The van der Waals surface area contributed by atoms with E-state index in [9.17, 15) is 4.39 Å². The minimum absolute atomic E-state index is 0.133. The van der Waals surface area contributed by atoms with Gasteiger partial charge in [-0.1, -0.05) is 0 Å². The van der Waals surface area contributed by atoms with Crippen molar-refractivity contribution in [2.45, 2.75) is 0 Å². The molecule has 0 bridgehead atoms. The summed E-state index contributed by atoms with van der Waals surface area (Å²) < 4.78 is 13.5. The van der Waals surface area contributed by atoms with Crippen LogP contribution >= 0.6 is 0 Å². The summed E-state index contributed by atoms with van der Waals surface area (Å²) in [7, 11) is 0.